The first-order valence-corrected chi connectivity index (χ1v) is 6.98. The van der Waals surface area contributed by atoms with E-state index in [-0.39, 0.29) is 12.6 Å². The molecule has 0 unspecified atom stereocenters. The third-order valence-electron chi connectivity index (χ3n) is 3.85. The molecule has 0 aromatic heterocycles. The molecule has 0 atom stereocenters. The summed E-state index contributed by atoms with van der Waals surface area (Å²) in [5, 5.41) is 8.98. The van der Waals surface area contributed by atoms with Crippen molar-refractivity contribution in [1.29, 1.82) is 0 Å². The zero-order valence-corrected chi connectivity index (χ0v) is 11.6. The molecular weight excluding hydrogens is 283 g/mol. The zero-order valence-electron chi connectivity index (χ0n) is 11.6. The lowest BCUT2D eigenvalue weighted by atomic mass is 10.1. The smallest absolute Gasteiger partial charge is 0.416 e. The summed E-state index contributed by atoms with van der Waals surface area (Å²) < 4.78 is 37.5. The second-order valence-corrected chi connectivity index (χ2v) is 5.43. The van der Waals surface area contributed by atoms with E-state index in [0.717, 1.165) is 37.8 Å². The first kappa shape index (κ1) is 15.8. The van der Waals surface area contributed by atoms with Gasteiger partial charge >= 0.3 is 12.1 Å². The first-order chi connectivity index (χ1) is 9.86. The summed E-state index contributed by atoms with van der Waals surface area (Å²) in [4.78, 5) is 12.8. The van der Waals surface area contributed by atoms with Gasteiger partial charge in [-0.2, -0.15) is 13.2 Å². The van der Waals surface area contributed by atoms with Crippen molar-refractivity contribution in [1.82, 2.24) is 4.90 Å². The Hall–Kier alpha value is -1.56. The van der Waals surface area contributed by atoms with Crippen LogP contribution in [0.15, 0.2) is 24.3 Å². The van der Waals surface area contributed by atoms with E-state index >= 15 is 0 Å². The number of carboxylic acid groups (broad SMARTS) is 1. The normalized spacial score (nSPS) is 16.6. The molecule has 0 bridgehead atoms. The highest BCUT2D eigenvalue weighted by Crippen LogP contribution is 2.30. The standard InChI is InChI=1S/C15H18F3NO2/c16-15(17,18)12-7-5-11(6-8-12)9-19(10-14(20)21)13-3-1-2-4-13/h5-8,13H,1-4,9-10H2,(H,20,21). The molecule has 0 aliphatic heterocycles. The van der Waals surface area contributed by atoms with Crippen LogP contribution in [0, 0.1) is 0 Å². The molecule has 2 rings (SSSR count). The number of rotatable bonds is 5. The fourth-order valence-electron chi connectivity index (χ4n) is 2.79. The Balaban J connectivity index is 2.07. The van der Waals surface area contributed by atoms with Gasteiger partial charge in [0.2, 0.25) is 0 Å². The summed E-state index contributed by atoms with van der Waals surface area (Å²) in [7, 11) is 0. The van der Waals surface area contributed by atoms with Crippen LogP contribution in [-0.2, 0) is 17.5 Å². The molecule has 0 amide bonds. The van der Waals surface area contributed by atoms with E-state index in [1.165, 1.54) is 12.1 Å². The Morgan fingerprint density at radius 2 is 1.76 bits per heavy atom. The van der Waals surface area contributed by atoms with Gasteiger partial charge in [-0.1, -0.05) is 25.0 Å². The van der Waals surface area contributed by atoms with Crippen molar-refractivity contribution in [2.45, 2.75) is 44.4 Å². The van der Waals surface area contributed by atoms with Crippen LogP contribution in [0.3, 0.4) is 0 Å². The highest BCUT2D eigenvalue weighted by atomic mass is 19.4. The molecular formula is C15H18F3NO2. The molecule has 1 aliphatic rings. The van der Waals surface area contributed by atoms with Gasteiger partial charge in [0.25, 0.3) is 0 Å². The minimum Gasteiger partial charge on any atom is -0.480 e. The second-order valence-electron chi connectivity index (χ2n) is 5.43. The minimum absolute atomic E-state index is 0.0777. The molecule has 21 heavy (non-hydrogen) atoms. The van der Waals surface area contributed by atoms with Crippen LogP contribution in [0.25, 0.3) is 0 Å². The van der Waals surface area contributed by atoms with E-state index in [1.807, 2.05) is 4.90 Å². The number of alkyl halides is 3. The predicted octanol–water partition coefficient (Wildman–Crippen LogP) is 3.53. The summed E-state index contributed by atoms with van der Waals surface area (Å²) >= 11 is 0. The largest absolute Gasteiger partial charge is 0.480 e. The van der Waals surface area contributed by atoms with Gasteiger partial charge in [-0.3, -0.25) is 9.69 Å². The van der Waals surface area contributed by atoms with Gasteiger partial charge in [0.15, 0.2) is 0 Å². The average molecular weight is 301 g/mol. The molecule has 1 saturated carbocycles. The summed E-state index contributed by atoms with van der Waals surface area (Å²) in [5.41, 5.74) is 0.0213. The van der Waals surface area contributed by atoms with Crippen molar-refractivity contribution in [3.8, 4) is 0 Å². The molecule has 116 valence electrons. The summed E-state index contributed by atoms with van der Waals surface area (Å²) in [6.45, 7) is 0.292. The Morgan fingerprint density at radius 3 is 2.24 bits per heavy atom. The van der Waals surface area contributed by atoms with E-state index in [2.05, 4.69) is 0 Å². The minimum atomic E-state index is -4.34. The fourth-order valence-corrected chi connectivity index (χ4v) is 2.79. The van der Waals surface area contributed by atoms with E-state index < -0.39 is 17.7 Å². The maximum atomic E-state index is 12.5. The van der Waals surface area contributed by atoms with E-state index in [0.29, 0.717) is 12.1 Å². The Morgan fingerprint density at radius 1 is 1.19 bits per heavy atom. The molecule has 0 spiro atoms. The van der Waals surface area contributed by atoms with Gasteiger partial charge < -0.3 is 5.11 Å². The number of hydrogen-bond donors (Lipinski definition) is 1. The molecule has 3 nitrogen and oxygen atoms in total. The molecule has 1 N–H and O–H groups in total. The van der Waals surface area contributed by atoms with Crippen molar-refractivity contribution in [3.63, 3.8) is 0 Å². The fraction of sp³-hybridized carbons (Fsp3) is 0.533. The summed E-state index contributed by atoms with van der Waals surface area (Å²) in [5.74, 6) is -0.909. The van der Waals surface area contributed by atoms with Gasteiger partial charge in [-0.05, 0) is 30.5 Å². The molecule has 0 radical (unpaired) electrons. The number of aliphatic carboxylic acids is 1. The lowest BCUT2D eigenvalue weighted by Gasteiger charge is -2.27. The summed E-state index contributed by atoms with van der Waals surface area (Å²) in [6, 6.07) is 5.15. The average Bonchev–Trinajstić information content (AvgIpc) is 2.90. The Labute approximate surface area is 121 Å². The second kappa shape index (κ2) is 6.47. The van der Waals surface area contributed by atoms with Crippen molar-refractivity contribution in [2.24, 2.45) is 0 Å². The first-order valence-electron chi connectivity index (χ1n) is 6.98. The zero-order chi connectivity index (χ0) is 15.5. The SMILES string of the molecule is O=C(O)CN(Cc1ccc(C(F)(F)F)cc1)C1CCCC1. The van der Waals surface area contributed by atoms with E-state index in [9.17, 15) is 18.0 Å². The third-order valence-corrected chi connectivity index (χ3v) is 3.85. The van der Waals surface area contributed by atoms with Crippen LogP contribution in [0.2, 0.25) is 0 Å². The van der Waals surface area contributed by atoms with Gasteiger partial charge in [0.05, 0.1) is 12.1 Å². The molecule has 0 heterocycles. The lowest BCUT2D eigenvalue weighted by molar-refractivity contribution is -0.139. The number of hydrogen-bond acceptors (Lipinski definition) is 2. The number of benzene rings is 1. The van der Waals surface area contributed by atoms with Crippen molar-refractivity contribution in [2.75, 3.05) is 6.54 Å². The predicted molar refractivity (Wildman–Crippen MR) is 71.7 cm³/mol. The number of nitrogens with zero attached hydrogens (tertiary/aromatic N) is 1. The Bertz CT molecular complexity index is 479. The van der Waals surface area contributed by atoms with Crippen LogP contribution in [0.1, 0.15) is 36.8 Å². The topological polar surface area (TPSA) is 40.5 Å². The van der Waals surface area contributed by atoms with E-state index in [1.54, 1.807) is 0 Å². The number of halogens is 3. The van der Waals surface area contributed by atoms with Crippen LogP contribution >= 0.6 is 0 Å². The van der Waals surface area contributed by atoms with Gasteiger partial charge in [-0.25, -0.2) is 0 Å². The number of carboxylic acids is 1. The molecule has 1 fully saturated rings. The van der Waals surface area contributed by atoms with Crippen LogP contribution in [0.5, 0.6) is 0 Å². The maximum Gasteiger partial charge on any atom is 0.416 e. The van der Waals surface area contributed by atoms with Crippen molar-refractivity contribution < 1.29 is 23.1 Å². The molecule has 1 aliphatic carbocycles. The van der Waals surface area contributed by atoms with Gasteiger partial charge in [0, 0.05) is 12.6 Å². The monoisotopic (exact) mass is 301 g/mol. The maximum absolute atomic E-state index is 12.5. The highest BCUT2D eigenvalue weighted by Gasteiger charge is 2.30. The molecule has 6 heteroatoms. The lowest BCUT2D eigenvalue weighted by Crippen LogP contribution is -2.37. The van der Waals surface area contributed by atoms with Crippen LogP contribution in [-0.4, -0.2) is 28.6 Å². The highest BCUT2D eigenvalue weighted by molar-refractivity contribution is 5.69. The molecule has 1 aromatic carbocycles. The van der Waals surface area contributed by atoms with Gasteiger partial charge in [-0.15, -0.1) is 0 Å². The number of carbonyl (C=O) groups is 1. The van der Waals surface area contributed by atoms with Gasteiger partial charge in [0.1, 0.15) is 0 Å². The van der Waals surface area contributed by atoms with Crippen LogP contribution in [0.4, 0.5) is 13.2 Å². The van der Waals surface area contributed by atoms with E-state index in [4.69, 9.17) is 5.11 Å². The summed E-state index contributed by atoms with van der Waals surface area (Å²) in [6.07, 6.45) is -0.284. The quantitative estimate of drug-likeness (QED) is 0.904. The van der Waals surface area contributed by atoms with Crippen LogP contribution < -0.4 is 0 Å². The third kappa shape index (κ3) is 4.46. The molecule has 0 saturated heterocycles. The van der Waals surface area contributed by atoms with Crippen molar-refractivity contribution >= 4 is 5.97 Å². The Kier molecular flexibility index (Phi) is 4.88. The van der Waals surface area contributed by atoms with Crippen molar-refractivity contribution in [3.05, 3.63) is 35.4 Å². The molecule has 1 aromatic rings.